The van der Waals surface area contributed by atoms with E-state index in [2.05, 4.69) is 29.7 Å². The van der Waals surface area contributed by atoms with Gasteiger partial charge in [0.05, 0.1) is 6.61 Å². The zero-order chi connectivity index (χ0) is 15.2. The highest BCUT2D eigenvalue weighted by atomic mass is 28.3. The van der Waals surface area contributed by atoms with E-state index in [9.17, 15) is 4.79 Å². The van der Waals surface area contributed by atoms with Crippen molar-refractivity contribution in [3.63, 3.8) is 0 Å². The number of carbonyl (C=O) groups is 1. The Morgan fingerprint density at radius 2 is 2.20 bits per heavy atom. The Labute approximate surface area is 122 Å². The molecule has 1 fully saturated rings. The first-order chi connectivity index (χ1) is 9.33. The van der Waals surface area contributed by atoms with E-state index in [0.717, 1.165) is 19.3 Å². The van der Waals surface area contributed by atoms with Gasteiger partial charge in [-0.1, -0.05) is 37.6 Å². The number of nitrogens with zero attached hydrogens (tertiary/aromatic N) is 3. The van der Waals surface area contributed by atoms with Crippen molar-refractivity contribution in [2.75, 3.05) is 6.61 Å². The highest BCUT2D eigenvalue weighted by molar-refractivity contribution is 6.77. The summed E-state index contributed by atoms with van der Waals surface area (Å²) in [5.74, 6) is -0.185. The Bertz CT molecular complexity index is 388. The van der Waals surface area contributed by atoms with E-state index in [4.69, 9.17) is 10.3 Å². The summed E-state index contributed by atoms with van der Waals surface area (Å²) in [6.07, 6.45) is 5.14. The monoisotopic (exact) mass is 297 g/mol. The number of hydrogen-bond acceptors (Lipinski definition) is 3. The van der Waals surface area contributed by atoms with Crippen molar-refractivity contribution in [2.45, 2.75) is 76.2 Å². The normalized spacial score (nSPS) is 26.7. The van der Waals surface area contributed by atoms with E-state index in [1.165, 1.54) is 6.42 Å². The molecular weight excluding hydrogens is 270 g/mol. The van der Waals surface area contributed by atoms with Gasteiger partial charge in [0, 0.05) is 24.9 Å². The van der Waals surface area contributed by atoms with Gasteiger partial charge in [-0.25, -0.2) is 0 Å². The molecule has 1 aliphatic carbocycles. The Hall–Kier alpha value is -1.00. The van der Waals surface area contributed by atoms with Crippen LogP contribution in [0.25, 0.3) is 10.4 Å². The van der Waals surface area contributed by atoms with Gasteiger partial charge in [-0.05, 0) is 37.3 Å². The third-order valence-corrected chi connectivity index (χ3v) is 7.34. The second-order valence-electron chi connectivity index (χ2n) is 6.88. The fourth-order valence-electron chi connectivity index (χ4n) is 3.11. The van der Waals surface area contributed by atoms with Gasteiger partial charge in [0.1, 0.15) is 0 Å². The fourth-order valence-corrected chi connectivity index (χ4v) is 5.17. The molecule has 0 aromatic heterocycles. The maximum absolute atomic E-state index is 11.6. The molecule has 0 saturated heterocycles. The number of esters is 1. The van der Waals surface area contributed by atoms with Crippen LogP contribution in [0.1, 0.15) is 45.4 Å². The SMILES string of the molecule is CCOC(=O)CC[C@]1(N=[N+]=[N-])CCC[C@H]([Si](C)(C)C)C1. The molecule has 2 atom stereocenters. The number of azide groups is 1. The molecule has 114 valence electrons. The first-order valence-corrected chi connectivity index (χ1v) is 11.1. The van der Waals surface area contributed by atoms with Gasteiger partial charge in [0.15, 0.2) is 0 Å². The van der Waals surface area contributed by atoms with Crippen LogP contribution in [0.15, 0.2) is 5.11 Å². The van der Waals surface area contributed by atoms with E-state index in [1.54, 1.807) is 0 Å². The molecule has 0 unspecified atom stereocenters. The van der Waals surface area contributed by atoms with Gasteiger partial charge in [-0.3, -0.25) is 4.79 Å². The van der Waals surface area contributed by atoms with Crippen molar-refractivity contribution in [1.29, 1.82) is 0 Å². The van der Waals surface area contributed by atoms with Crippen LogP contribution in [-0.2, 0) is 9.53 Å². The van der Waals surface area contributed by atoms with Crippen LogP contribution in [0.4, 0.5) is 0 Å². The Morgan fingerprint density at radius 1 is 1.50 bits per heavy atom. The predicted octanol–water partition coefficient (Wildman–Crippen LogP) is 4.66. The number of hydrogen-bond donors (Lipinski definition) is 0. The Kier molecular flexibility index (Phi) is 6.08. The molecule has 0 heterocycles. The molecule has 1 rings (SSSR count). The topological polar surface area (TPSA) is 75.1 Å². The highest BCUT2D eigenvalue weighted by Crippen LogP contribution is 2.45. The maximum atomic E-state index is 11.6. The lowest BCUT2D eigenvalue weighted by molar-refractivity contribution is -0.143. The zero-order valence-electron chi connectivity index (χ0n) is 13.2. The minimum atomic E-state index is -1.25. The molecule has 0 bridgehead atoms. The van der Waals surface area contributed by atoms with Crippen molar-refractivity contribution in [3.05, 3.63) is 10.4 Å². The van der Waals surface area contributed by atoms with Gasteiger partial charge >= 0.3 is 5.97 Å². The summed E-state index contributed by atoms with van der Waals surface area (Å²) in [6, 6.07) is 0. The summed E-state index contributed by atoms with van der Waals surface area (Å²) < 4.78 is 4.99. The van der Waals surface area contributed by atoms with Crippen molar-refractivity contribution < 1.29 is 9.53 Å². The first kappa shape index (κ1) is 17.0. The number of rotatable bonds is 6. The molecule has 0 N–H and O–H groups in total. The smallest absolute Gasteiger partial charge is 0.305 e. The molecule has 0 spiro atoms. The first-order valence-electron chi connectivity index (χ1n) is 7.55. The summed E-state index contributed by atoms with van der Waals surface area (Å²) in [5, 5.41) is 4.11. The third kappa shape index (κ3) is 4.83. The quantitative estimate of drug-likeness (QED) is 0.235. The predicted molar refractivity (Wildman–Crippen MR) is 83.3 cm³/mol. The lowest BCUT2D eigenvalue weighted by Gasteiger charge is -2.42. The molecule has 0 aliphatic heterocycles. The van der Waals surface area contributed by atoms with E-state index < -0.39 is 8.07 Å². The standard InChI is InChI=1S/C14H27N3O2Si/c1-5-19-13(18)8-10-14(16-17-15)9-6-7-12(11-14)20(2,3)4/h12H,5-11H2,1-4H3/t12-,14+/m0/s1. The Balaban J connectivity index is 2.76. The lowest BCUT2D eigenvalue weighted by Crippen LogP contribution is -2.40. The number of ether oxygens (including phenoxy) is 1. The van der Waals surface area contributed by atoms with Crippen LogP contribution in [0.5, 0.6) is 0 Å². The molecule has 0 radical (unpaired) electrons. The van der Waals surface area contributed by atoms with Crippen LogP contribution in [-0.4, -0.2) is 26.2 Å². The lowest BCUT2D eigenvalue weighted by atomic mass is 9.79. The van der Waals surface area contributed by atoms with E-state index in [0.29, 0.717) is 25.0 Å². The van der Waals surface area contributed by atoms with Crippen molar-refractivity contribution in [1.82, 2.24) is 0 Å². The molecule has 6 heteroatoms. The van der Waals surface area contributed by atoms with Crippen LogP contribution >= 0.6 is 0 Å². The molecule has 20 heavy (non-hydrogen) atoms. The summed E-state index contributed by atoms with van der Waals surface area (Å²) in [4.78, 5) is 14.6. The minimum absolute atomic E-state index is 0.185. The van der Waals surface area contributed by atoms with Gasteiger partial charge < -0.3 is 4.74 Å². The average Bonchev–Trinajstić information content (AvgIpc) is 2.37. The zero-order valence-corrected chi connectivity index (χ0v) is 14.2. The molecule has 5 nitrogen and oxygen atoms in total. The van der Waals surface area contributed by atoms with Gasteiger partial charge in [0.25, 0.3) is 0 Å². The Morgan fingerprint density at radius 3 is 2.75 bits per heavy atom. The number of carbonyl (C=O) groups excluding carboxylic acids is 1. The molecule has 1 aliphatic rings. The van der Waals surface area contributed by atoms with E-state index in [-0.39, 0.29) is 11.5 Å². The van der Waals surface area contributed by atoms with E-state index in [1.807, 2.05) is 6.92 Å². The maximum Gasteiger partial charge on any atom is 0.305 e. The summed E-state index contributed by atoms with van der Waals surface area (Å²) in [5.41, 5.74) is 9.19. The average molecular weight is 297 g/mol. The highest BCUT2D eigenvalue weighted by Gasteiger charge is 2.40. The fraction of sp³-hybridized carbons (Fsp3) is 0.929. The van der Waals surface area contributed by atoms with Gasteiger partial charge in [0.2, 0.25) is 0 Å². The summed E-state index contributed by atoms with van der Waals surface area (Å²) >= 11 is 0. The summed E-state index contributed by atoms with van der Waals surface area (Å²) in [6.45, 7) is 9.33. The minimum Gasteiger partial charge on any atom is -0.466 e. The molecular formula is C14H27N3O2Si. The second-order valence-corrected chi connectivity index (χ2v) is 12.4. The van der Waals surface area contributed by atoms with Crippen LogP contribution < -0.4 is 0 Å². The molecule has 1 saturated carbocycles. The largest absolute Gasteiger partial charge is 0.466 e. The van der Waals surface area contributed by atoms with Crippen molar-refractivity contribution >= 4 is 14.0 Å². The van der Waals surface area contributed by atoms with Crippen LogP contribution in [0.2, 0.25) is 25.2 Å². The van der Waals surface area contributed by atoms with Crippen molar-refractivity contribution in [2.24, 2.45) is 5.11 Å². The molecule has 0 aromatic carbocycles. The van der Waals surface area contributed by atoms with Crippen molar-refractivity contribution in [3.8, 4) is 0 Å². The van der Waals surface area contributed by atoms with Crippen LogP contribution in [0.3, 0.4) is 0 Å². The van der Waals surface area contributed by atoms with E-state index >= 15 is 0 Å². The van der Waals surface area contributed by atoms with Gasteiger partial charge in [-0.2, -0.15) is 0 Å². The molecule has 0 aromatic rings. The summed E-state index contributed by atoms with van der Waals surface area (Å²) in [7, 11) is -1.25. The van der Waals surface area contributed by atoms with Gasteiger partial charge in [-0.15, -0.1) is 0 Å². The third-order valence-electron chi connectivity index (χ3n) is 4.40. The van der Waals surface area contributed by atoms with Crippen LogP contribution in [0, 0.1) is 0 Å². The molecule has 0 amide bonds. The second kappa shape index (κ2) is 7.13.